The molecule has 164 valence electrons. The highest BCUT2D eigenvalue weighted by atomic mass is 32.2. The quantitative estimate of drug-likeness (QED) is 0.228. The summed E-state index contributed by atoms with van der Waals surface area (Å²) >= 11 is 0. The lowest BCUT2D eigenvalue weighted by Crippen LogP contribution is -2.10. The summed E-state index contributed by atoms with van der Waals surface area (Å²) in [5.74, 6) is -0.970. The molecule has 0 aliphatic heterocycles. The number of phenolic OH excluding ortho intramolecular Hbond substituents is 1. The van der Waals surface area contributed by atoms with Crippen molar-refractivity contribution in [2.75, 3.05) is 17.7 Å². The van der Waals surface area contributed by atoms with Gasteiger partial charge in [0.1, 0.15) is 11.4 Å². The lowest BCUT2D eigenvalue weighted by molar-refractivity contribution is -0.384. The van der Waals surface area contributed by atoms with Gasteiger partial charge in [-0.05, 0) is 41.8 Å². The first-order valence-corrected chi connectivity index (χ1v) is 11.6. The van der Waals surface area contributed by atoms with Crippen LogP contribution in [0.1, 0.15) is 0 Å². The molecule has 11 nitrogen and oxygen atoms in total. The fourth-order valence-electron chi connectivity index (χ4n) is 2.90. The summed E-state index contributed by atoms with van der Waals surface area (Å²) in [6.07, 6.45) is 0. The Balaban J connectivity index is 2.06. The Bertz CT molecular complexity index is 1400. The highest BCUT2D eigenvalue weighted by molar-refractivity contribution is 7.91. The molecule has 0 spiro atoms. The molecule has 0 aromatic heterocycles. The van der Waals surface area contributed by atoms with Gasteiger partial charge in [-0.1, -0.05) is 0 Å². The smallest absolute Gasteiger partial charge is 0.294 e. The van der Waals surface area contributed by atoms with Crippen LogP contribution in [0.3, 0.4) is 0 Å². The summed E-state index contributed by atoms with van der Waals surface area (Å²) in [6, 6.07) is 9.53. The van der Waals surface area contributed by atoms with Crippen LogP contribution in [0.4, 0.5) is 17.1 Å². The van der Waals surface area contributed by atoms with Crippen molar-refractivity contribution < 1.29 is 36.5 Å². The second kappa shape index (κ2) is 8.11. The number of phenols is 1. The first-order valence-electron chi connectivity index (χ1n) is 8.56. The van der Waals surface area contributed by atoms with Gasteiger partial charge < -0.3 is 15.5 Å². The number of hydrogen-bond donors (Lipinski definition) is 4. The van der Waals surface area contributed by atoms with Gasteiger partial charge in [0.25, 0.3) is 15.8 Å². The molecule has 13 heteroatoms. The molecule has 0 bridgehead atoms. The monoisotopic (exact) mass is 468 g/mol. The maximum absolute atomic E-state index is 12.1. The SMILES string of the molecule is O=[N+]([O-])c1cc(S(=O)(=O)CCO)ccc1Nc1ccc2c(O)cc(S(=O)(=O)O)cc2c1. The molecular weight excluding hydrogens is 452 g/mol. The van der Waals surface area contributed by atoms with E-state index < -0.39 is 47.8 Å². The highest BCUT2D eigenvalue weighted by Crippen LogP contribution is 2.34. The van der Waals surface area contributed by atoms with Crippen LogP contribution in [0.25, 0.3) is 10.8 Å². The van der Waals surface area contributed by atoms with E-state index in [2.05, 4.69) is 5.32 Å². The van der Waals surface area contributed by atoms with Crippen molar-refractivity contribution in [3.63, 3.8) is 0 Å². The Labute approximate surface area is 176 Å². The number of aliphatic hydroxyl groups is 1. The first kappa shape index (κ1) is 22.4. The van der Waals surface area contributed by atoms with Crippen LogP contribution in [0, 0.1) is 10.1 Å². The normalized spacial score (nSPS) is 12.1. The lowest BCUT2D eigenvalue weighted by Gasteiger charge is -2.11. The van der Waals surface area contributed by atoms with Crippen LogP contribution < -0.4 is 5.32 Å². The van der Waals surface area contributed by atoms with E-state index in [1.807, 2.05) is 0 Å². The van der Waals surface area contributed by atoms with Crippen LogP contribution in [0.2, 0.25) is 0 Å². The molecule has 0 aliphatic rings. The summed E-state index contributed by atoms with van der Waals surface area (Å²) in [5.41, 5.74) is -0.301. The molecule has 0 heterocycles. The van der Waals surface area contributed by atoms with Crippen LogP contribution in [0.15, 0.2) is 58.3 Å². The molecule has 31 heavy (non-hydrogen) atoms. The number of anilines is 2. The maximum atomic E-state index is 12.1. The van der Waals surface area contributed by atoms with Crippen LogP contribution in [0.5, 0.6) is 5.75 Å². The molecule has 3 rings (SSSR count). The average Bonchev–Trinajstić information content (AvgIpc) is 2.67. The standard InChI is InChI=1S/C18H16N2O9S2/c21-5-6-30(25,26)13-2-4-16(17(9-13)20(23)24)19-12-1-3-15-11(7-12)8-14(10-18(15)22)31(27,28)29/h1-4,7-10,19,21-22H,5-6H2,(H,27,28,29). The minimum Gasteiger partial charge on any atom is -0.507 e. The van der Waals surface area contributed by atoms with Crippen molar-refractivity contribution in [3.05, 3.63) is 58.6 Å². The van der Waals surface area contributed by atoms with Crippen molar-refractivity contribution >= 4 is 47.8 Å². The van der Waals surface area contributed by atoms with E-state index >= 15 is 0 Å². The number of nitrogens with zero attached hydrogens (tertiary/aromatic N) is 1. The number of aromatic hydroxyl groups is 1. The third kappa shape index (κ3) is 4.74. The Morgan fingerprint density at radius 2 is 1.68 bits per heavy atom. The molecule has 4 N–H and O–H groups in total. The molecule has 3 aromatic rings. The van der Waals surface area contributed by atoms with E-state index in [9.17, 15) is 36.6 Å². The third-order valence-electron chi connectivity index (χ3n) is 4.37. The van der Waals surface area contributed by atoms with Crippen LogP contribution >= 0.6 is 0 Å². The molecule has 0 fully saturated rings. The zero-order valence-corrected chi connectivity index (χ0v) is 17.2. The number of nitrogens with one attached hydrogen (secondary N) is 1. The molecule has 0 unspecified atom stereocenters. The molecule has 0 atom stereocenters. The van der Waals surface area contributed by atoms with Crippen LogP contribution in [-0.2, 0) is 20.0 Å². The van der Waals surface area contributed by atoms with Gasteiger partial charge in [-0.15, -0.1) is 0 Å². The Morgan fingerprint density at radius 1 is 0.968 bits per heavy atom. The molecule has 0 aliphatic carbocycles. The van der Waals surface area contributed by atoms with Gasteiger partial charge >= 0.3 is 0 Å². The average molecular weight is 468 g/mol. The van der Waals surface area contributed by atoms with E-state index in [0.29, 0.717) is 0 Å². The maximum Gasteiger partial charge on any atom is 0.294 e. The minimum absolute atomic E-state index is 0.0394. The predicted molar refractivity (Wildman–Crippen MR) is 111 cm³/mol. The molecule has 0 amide bonds. The number of sulfone groups is 1. The van der Waals surface area contributed by atoms with Gasteiger partial charge in [-0.2, -0.15) is 8.42 Å². The summed E-state index contributed by atoms with van der Waals surface area (Å²) < 4.78 is 56.1. The van der Waals surface area contributed by atoms with Gasteiger partial charge in [0.05, 0.1) is 27.1 Å². The second-order valence-corrected chi connectivity index (χ2v) is 9.99. The van der Waals surface area contributed by atoms with Gasteiger partial charge in [0.2, 0.25) is 0 Å². The summed E-state index contributed by atoms with van der Waals surface area (Å²) in [5, 5.41) is 33.6. The van der Waals surface area contributed by atoms with E-state index in [1.54, 1.807) is 0 Å². The summed E-state index contributed by atoms with van der Waals surface area (Å²) in [6.45, 7) is -0.633. The van der Waals surface area contributed by atoms with Gasteiger partial charge in [-0.25, -0.2) is 8.42 Å². The predicted octanol–water partition coefficient (Wildman–Crippen LogP) is 2.21. The van der Waals surface area contributed by atoms with Crippen LogP contribution in [-0.4, -0.2) is 48.9 Å². The summed E-state index contributed by atoms with van der Waals surface area (Å²) in [7, 11) is -8.47. The fraction of sp³-hybridized carbons (Fsp3) is 0.111. The Morgan fingerprint density at radius 3 is 2.29 bits per heavy atom. The van der Waals surface area contributed by atoms with Gasteiger partial charge in [-0.3, -0.25) is 14.7 Å². The van der Waals surface area contributed by atoms with Crippen molar-refractivity contribution in [2.24, 2.45) is 0 Å². The van der Waals surface area contributed by atoms with E-state index in [0.717, 1.165) is 24.3 Å². The second-order valence-electron chi connectivity index (χ2n) is 6.46. The van der Waals surface area contributed by atoms with E-state index in [1.165, 1.54) is 24.3 Å². The molecule has 3 aromatic carbocycles. The fourth-order valence-corrected chi connectivity index (χ4v) is 4.48. The zero-order valence-electron chi connectivity index (χ0n) is 15.6. The van der Waals surface area contributed by atoms with Gasteiger partial charge in [0.15, 0.2) is 9.84 Å². The number of fused-ring (bicyclic) bond motifs is 1. The number of hydrogen-bond acceptors (Lipinski definition) is 9. The lowest BCUT2D eigenvalue weighted by atomic mass is 10.1. The molecule has 0 saturated carbocycles. The van der Waals surface area contributed by atoms with Crippen molar-refractivity contribution in [2.45, 2.75) is 9.79 Å². The highest BCUT2D eigenvalue weighted by Gasteiger charge is 2.21. The molecular formula is C18H16N2O9S2. The third-order valence-corrected chi connectivity index (χ3v) is 6.89. The number of nitro groups is 1. The summed E-state index contributed by atoms with van der Waals surface area (Å²) in [4.78, 5) is 9.83. The van der Waals surface area contributed by atoms with Crippen molar-refractivity contribution in [1.82, 2.24) is 0 Å². The van der Waals surface area contributed by atoms with Crippen molar-refractivity contribution in [3.8, 4) is 5.75 Å². The van der Waals surface area contributed by atoms with Crippen molar-refractivity contribution in [1.29, 1.82) is 0 Å². The zero-order chi connectivity index (χ0) is 23.0. The molecule has 0 radical (unpaired) electrons. The molecule has 0 saturated heterocycles. The van der Waals surface area contributed by atoms with E-state index in [-0.39, 0.29) is 32.8 Å². The number of rotatable bonds is 7. The Kier molecular flexibility index (Phi) is 5.87. The largest absolute Gasteiger partial charge is 0.507 e. The number of aliphatic hydroxyl groups excluding tert-OH is 1. The topological polar surface area (TPSA) is 184 Å². The number of nitro benzene ring substituents is 1. The minimum atomic E-state index is -4.57. The van der Waals surface area contributed by atoms with Gasteiger partial charge in [0, 0.05) is 23.2 Å². The van der Waals surface area contributed by atoms with E-state index in [4.69, 9.17) is 5.11 Å². The Hall–Kier alpha value is -3.26. The number of benzene rings is 3. The first-order chi connectivity index (χ1) is 14.4.